The van der Waals surface area contributed by atoms with Gasteiger partial charge in [0.25, 0.3) is 0 Å². The molecule has 14 heavy (non-hydrogen) atoms. The van der Waals surface area contributed by atoms with Crippen LogP contribution in [0.4, 0.5) is 0 Å². The van der Waals surface area contributed by atoms with Crippen LogP contribution >= 0.6 is 0 Å². The van der Waals surface area contributed by atoms with Gasteiger partial charge in [-0.15, -0.1) is 0 Å². The highest BCUT2D eigenvalue weighted by atomic mass is 15.2. The third-order valence-electron chi connectivity index (χ3n) is 3.96. The highest BCUT2D eigenvalue weighted by Gasteiger charge is 2.23. The van der Waals surface area contributed by atoms with Crippen LogP contribution in [0.15, 0.2) is 0 Å². The van der Waals surface area contributed by atoms with E-state index in [4.69, 9.17) is 0 Å². The van der Waals surface area contributed by atoms with Gasteiger partial charge in [-0.25, -0.2) is 0 Å². The number of nitrogens with zero attached hydrogens (tertiary/aromatic N) is 1. The predicted octanol–water partition coefficient (Wildman–Crippen LogP) is 1.86. The lowest BCUT2D eigenvalue weighted by Crippen LogP contribution is -2.31. The molecule has 0 saturated carbocycles. The maximum atomic E-state index is 3.45. The largest absolute Gasteiger partial charge is 0.316 e. The van der Waals surface area contributed by atoms with Gasteiger partial charge in [-0.3, -0.25) is 0 Å². The summed E-state index contributed by atoms with van der Waals surface area (Å²) in [5.74, 6) is 0.966. The Bertz CT molecular complexity index is 164. The molecule has 0 spiro atoms. The van der Waals surface area contributed by atoms with Crippen LogP contribution in [-0.2, 0) is 0 Å². The number of rotatable bonds is 4. The van der Waals surface area contributed by atoms with Gasteiger partial charge in [-0.1, -0.05) is 6.92 Å². The Morgan fingerprint density at radius 1 is 1.36 bits per heavy atom. The molecule has 2 heteroatoms. The number of likely N-dealkylation sites (tertiary alicyclic amines) is 1. The zero-order chi connectivity index (χ0) is 9.80. The van der Waals surface area contributed by atoms with Gasteiger partial charge in [-0.05, 0) is 64.2 Å². The van der Waals surface area contributed by atoms with E-state index in [2.05, 4.69) is 17.1 Å². The summed E-state index contributed by atoms with van der Waals surface area (Å²) >= 11 is 0. The van der Waals surface area contributed by atoms with E-state index in [1.54, 1.807) is 0 Å². The van der Waals surface area contributed by atoms with Crippen molar-refractivity contribution in [2.75, 3.05) is 26.2 Å². The molecule has 82 valence electrons. The van der Waals surface area contributed by atoms with Crippen molar-refractivity contribution >= 4 is 0 Å². The van der Waals surface area contributed by atoms with Crippen molar-refractivity contribution < 1.29 is 0 Å². The first kappa shape index (κ1) is 10.4. The lowest BCUT2D eigenvalue weighted by molar-refractivity contribution is 0.232. The van der Waals surface area contributed by atoms with Gasteiger partial charge >= 0.3 is 0 Å². The SMILES string of the molecule is CCC1CCCN1CCC1CCNC1. The third-order valence-corrected chi connectivity index (χ3v) is 3.96. The first-order valence-electron chi connectivity index (χ1n) is 6.35. The van der Waals surface area contributed by atoms with E-state index in [0.29, 0.717) is 0 Å². The van der Waals surface area contributed by atoms with Crippen LogP contribution in [0.2, 0.25) is 0 Å². The lowest BCUT2D eigenvalue weighted by atomic mass is 10.0. The molecule has 0 aromatic rings. The Balaban J connectivity index is 1.68. The summed E-state index contributed by atoms with van der Waals surface area (Å²) in [5, 5.41) is 3.45. The summed E-state index contributed by atoms with van der Waals surface area (Å²) in [7, 11) is 0. The average molecular weight is 196 g/mol. The van der Waals surface area contributed by atoms with Crippen molar-refractivity contribution in [1.82, 2.24) is 10.2 Å². The highest BCUT2D eigenvalue weighted by molar-refractivity contribution is 4.80. The quantitative estimate of drug-likeness (QED) is 0.738. The molecule has 0 amide bonds. The van der Waals surface area contributed by atoms with Gasteiger partial charge in [0.05, 0.1) is 0 Å². The smallest absolute Gasteiger partial charge is 0.00931 e. The summed E-state index contributed by atoms with van der Waals surface area (Å²) < 4.78 is 0. The molecule has 2 heterocycles. The number of nitrogens with one attached hydrogen (secondary N) is 1. The van der Waals surface area contributed by atoms with E-state index >= 15 is 0 Å². The molecule has 2 saturated heterocycles. The van der Waals surface area contributed by atoms with E-state index in [1.165, 1.54) is 58.3 Å². The standard InChI is InChI=1S/C12H24N2/c1-2-12-4-3-8-14(12)9-6-11-5-7-13-10-11/h11-13H,2-10H2,1H3. The molecular formula is C12H24N2. The second kappa shape index (κ2) is 5.13. The van der Waals surface area contributed by atoms with Gasteiger partial charge in [0.1, 0.15) is 0 Å². The molecule has 0 aromatic carbocycles. The van der Waals surface area contributed by atoms with Crippen LogP contribution < -0.4 is 5.32 Å². The lowest BCUT2D eigenvalue weighted by Gasteiger charge is -2.24. The van der Waals surface area contributed by atoms with Gasteiger partial charge < -0.3 is 10.2 Å². The fourth-order valence-electron chi connectivity index (χ4n) is 2.96. The van der Waals surface area contributed by atoms with Gasteiger partial charge in [0, 0.05) is 6.04 Å². The fraction of sp³-hybridized carbons (Fsp3) is 1.00. The molecular weight excluding hydrogens is 172 g/mol. The van der Waals surface area contributed by atoms with Crippen molar-refractivity contribution in [3.05, 3.63) is 0 Å². The Morgan fingerprint density at radius 2 is 2.29 bits per heavy atom. The first-order valence-corrected chi connectivity index (χ1v) is 6.35. The van der Waals surface area contributed by atoms with Crippen molar-refractivity contribution in [2.45, 2.75) is 45.1 Å². The Kier molecular flexibility index (Phi) is 3.82. The predicted molar refractivity (Wildman–Crippen MR) is 60.5 cm³/mol. The number of hydrogen-bond donors (Lipinski definition) is 1. The minimum Gasteiger partial charge on any atom is -0.316 e. The van der Waals surface area contributed by atoms with Crippen LogP contribution in [-0.4, -0.2) is 37.1 Å². The Hall–Kier alpha value is -0.0800. The molecule has 2 unspecified atom stereocenters. The normalized spacial score (nSPS) is 34.1. The van der Waals surface area contributed by atoms with Crippen molar-refractivity contribution in [3.8, 4) is 0 Å². The van der Waals surface area contributed by atoms with E-state index in [9.17, 15) is 0 Å². The van der Waals surface area contributed by atoms with E-state index < -0.39 is 0 Å². The molecule has 0 radical (unpaired) electrons. The molecule has 2 aliphatic heterocycles. The molecule has 2 nitrogen and oxygen atoms in total. The van der Waals surface area contributed by atoms with Crippen molar-refractivity contribution in [3.63, 3.8) is 0 Å². The fourth-order valence-corrected chi connectivity index (χ4v) is 2.96. The molecule has 1 N–H and O–H groups in total. The summed E-state index contributed by atoms with van der Waals surface area (Å²) in [5.41, 5.74) is 0. The van der Waals surface area contributed by atoms with Crippen LogP contribution in [0.3, 0.4) is 0 Å². The van der Waals surface area contributed by atoms with Crippen LogP contribution in [0.5, 0.6) is 0 Å². The maximum Gasteiger partial charge on any atom is 0.00931 e. The van der Waals surface area contributed by atoms with Crippen molar-refractivity contribution in [1.29, 1.82) is 0 Å². The van der Waals surface area contributed by atoms with Crippen LogP contribution in [0.25, 0.3) is 0 Å². The molecule has 0 aromatic heterocycles. The molecule has 2 atom stereocenters. The van der Waals surface area contributed by atoms with Gasteiger partial charge in [-0.2, -0.15) is 0 Å². The second-order valence-electron chi connectivity index (χ2n) is 4.89. The first-order chi connectivity index (χ1) is 6.90. The summed E-state index contributed by atoms with van der Waals surface area (Å²) in [4.78, 5) is 2.72. The zero-order valence-corrected chi connectivity index (χ0v) is 9.47. The topological polar surface area (TPSA) is 15.3 Å². The Labute approximate surface area is 88.1 Å². The molecule has 2 aliphatic rings. The molecule has 0 aliphatic carbocycles. The summed E-state index contributed by atoms with van der Waals surface area (Å²) in [6.07, 6.45) is 7.05. The second-order valence-corrected chi connectivity index (χ2v) is 4.89. The van der Waals surface area contributed by atoms with Crippen LogP contribution in [0, 0.1) is 5.92 Å². The third kappa shape index (κ3) is 2.48. The minimum absolute atomic E-state index is 0.907. The maximum absolute atomic E-state index is 3.45. The van der Waals surface area contributed by atoms with E-state index in [1.807, 2.05) is 0 Å². The van der Waals surface area contributed by atoms with Crippen molar-refractivity contribution in [2.24, 2.45) is 5.92 Å². The summed E-state index contributed by atoms with van der Waals surface area (Å²) in [6, 6.07) is 0.907. The zero-order valence-electron chi connectivity index (χ0n) is 9.47. The minimum atomic E-state index is 0.907. The van der Waals surface area contributed by atoms with E-state index in [0.717, 1.165) is 12.0 Å². The molecule has 2 fully saturated rings. The molecule has 2 rings (SSSR count). The Morgan fingerprint density at radius 3 is 3.00 bits per heavy atom. The summed E-state index contributed by atoms with van der Waals surface area (Å²) in [6.45, 7) is 7.57. The highest BCUT2D eigenvalue weighted by Crippen LogP contribution is 2.22. The van der Waals surface area contributed by atoms with Gasteiger partial charge in [0.2, 0.25) is 0 Å². The van der Waals surface area contributed by atoms with E-state index in [-0.39, 0.29) is 0 Å². The molecule has 0 bridgehead atoms. The van der Waals surface area contributed by atoms with Gasteiger partial charge in [0.15, 0.2) is 0 Å². The monoisotopic (exact) mass is 196 g/mol. The average Bonchev–Trinajstić information content (AvgIpc) is 2.85. The number of hydrogen-bond acceptors (Lipinski definition) is 2. The van der Waals surface area contributed by atoms with Crippen LogP contribution in [0.1, 0.15) is 39.0 Å².